The second-order valence-electron chi connectivity index (χ2n) is 7.29. The van der Waals surface area contributed by atoms with Gasteiger partial charge >= 0.3 is 0 Å². The summed E-state index contributed by atoms with van der Waals surface area (Å²) in [4.78, 5) is 12.5. The number of benzene rings is 2. The first-order chi connectivity index (χ1) is 13.7. The third-order valence-electron chi connectivity index (χ3n) is 5.20. The van der Waals surface area contributed by atoms with Gasteiger partial charge in [0.15, 0.2) is 0 Å². The van der Waals surface area contributed by atoms with Crippen LogP contribution in [0.4, 0.5) is 0 Å². The number of rotatable bonds is 8. The first-order valence-corrected chi connectivity index (χ1v) is 9.80. The Morgan fingerprint density at radius 3 is 2.50 bits per heavy atom. The third kappa shape index (κ3) is 4.45. The lowest BCUT2D eigenvalue weighted by Gasteiger charge is -2.18. The minimum absolute atomic E-state index is 0.0724. The molecule has 1 unspecified atom stereocenters. The minimum atomic E-state index is 0.0724. The Morgan fingerprint density at radius 1 is 1.07 bits per heavy atom. The lowest BCUT2D eigenvalue weighted by molar-refractivity contribution is -0.122. The zero-order valence-corrected chi connectivity index (χ0v) is 16.1. The van der Waals surface area contributed by atoms with Gasteiger partial charge in [0.2, 0.25) is 5.91 Å². The number of ether oxygens (including phenoxy) is 1. The molecule has 4 heteroatoms. The van der Waals surface area contributed by atoms with Crippen molar-refractivity contribution in [1.29, 1.82) is 0 Å². The number of hydrogen-bond donors (Lipinski definition) is 1. The molecule has 0 saturated heterocycles. The van der Waals surface area contributed by atoms with E-state index in [9.17, 15) is 4.79 Å². The summed E-state index contributed by atoms with van der Waals surface area (Å²) in [5.74, 6) is 3.08. The SMILES string of the molecule is COc1ccc(-c2ccc(CCC(=O)NC(c3ccccc3)C3CC3)o2)cc1. The number of nitrogens with one attached hydrogen (secondary N) is 1. The van der Waals surface area contributed by atoms with Crippen molar-refractivity contribution in [1.82, 2.24) is 5.32 Å². The topological polar surface area (TPSA) is 51.5 Å². The van der Waals surface area contributed by atoms with Gasteiger partial charge in [0, 0.05) is 18.4 Å². The molecule has 1 aliphatic carbocycles. The highest BCUT2D eigenvalue weighted by atomic mass is 16.5. The molecule has 0 spiro atoms. The molecular weight excluding hydrogens is 350 g/mol. The van der Waals surface area contributed by atoms with E-state index in [0.717, 1.165) is 22.8 Å². The van der Waals surface area contributed by atoms with Gasteiger partial charge in [0.05, 0.1) is 13.2 Å². The van der Waals surface area contributed by atoms with Crippen LogP contribution in [0.5, 0.6) is 5.75 Å². The van der Waals surface area contributed by atoms with E-state index in [4.69, 9.17) is 9.15 Å². The summed E-state index contributed by atoms with van der Waals surface area (Å²) in [6, 6.07) is 22.0. The van der Waals surface area contributed by atoms with Gasteiger partial charge in [0.1, 0.15) is 17.3 Å². The Bertz CT molecular complexity index is 911. The van der Waals surface area contributed by atoms with E-state index in [1.165, 1.54) is 18.4 Å². The average Bonchev–Trinajstić information content (AvgIpc) is 3.48. The number of carbonyl (C=O) groups excluding carboxylic acids is 1. The Morgan fingerprint density at radius 2 is 1.82 bits per heavy atom. The summed E-state index contributed by atoms with van der Waals surface area (Å²) in [5, 5.41) is 3.22. The Balaban J connectivity index is 1.34. The molecular formula is C24H25NO3. The van der Waals surface area contributed by atoms with Crippen molar-refractivity contribution in [2.24, 2.45) is 5.92 Å². The largest absolute Gasteiger partial charge is 0.497 e. The Hall–Kier alpha value is -3.01. The molecule has 1 aromatic heterocycles. The third-order valence-corrected chi connectivity index (χ3v) is 5.20. The van der Waals surface area contributed by atoms with E-state index < -0.39 is 0 Å². The van der Waals surface area contributed by atoms with Gasteiger partial charge in [-0.05, 0) is 60.7 Å². The molecule has 0 aliphatic heterocycles. The first-order valence-electron chi connectivity index (χ1n) is 9.80. The predicted molar refractivity (Wildman–Crippen MR) is 109 cm³/mol. The van der Waals surface area contributed by atoms with Crippen LogP contribution in [-0.4, -0.2) is 13.0 Å². The Labute approximate surface area is 165 Å². The first kappa shape index (κ1) is 18.4. The van der Waals surface area contributed by atoms with Crippen molar-refractivity contribution < 1.29 is 13.9 Å². The van der Waals surface area contributed by atoms with Gasteiger partial charge in [-0.2, -0.15) is 0 Å². The van der Waals surface area contributed by atoms with Gasteiger partial charge < -0.3 is 14.5 Å². The second kappa shape index (κ2) is 8.34. The number of amides is 1. The predicted octanol–water partition coefficient (Wildman–Crippen LogP) is 5.16. The highest BCUT2D eigenvalue weighted by Gasteiger charge is 2.33. The van der Waals surface area contributed by atoms with Gasteiger partial charge in [-0.15, -0.1) is 0 Å². The summed E-state index contributed by atoms with van der Waals surface area (Å²) in [6.45, 7) is 0. The van der Waals surface area contributed by atoms with Gasteiger partial charge in [0.25, 0.3) is 0 Å². The summed E-state index contributed by atoms with van der Waals surface area (Å²) in [7, 11) is 1.65. The molecule has 4 rings (SSSR count). The quantitative estimate of drug-likeness (QED) is 0.592. The van der Waals surface area contributed by atoms with Crippen LogP contribution in [0.3, 0.4) is 0 Å². The zero-order chi connectivity index (χ0) is 19.3. The van der Waals surface area contributed by atoms with Crippen molar-refractivity contribution in [3.05, 3.63) is 78.1 Å². The maximum atomic E-state index is 12.5. The Kier molecular flexibility index (Phi) is 5.47. The monoisotopic (exact) mass is 375 g/mol. The molecule has 1 amide bonds. The van der Waals surface area contributed by atoms with Crippen LogP contribution in [0.15, 0.2) is 71.1 Å². The van der Waals surface area contributed by atoms with E-state index in [1.54, 1.807) is 7.11 Å². The zero-order valence-electron chi connectivity index (χ0n) is 16.1. The van der Waals surface area contributed by atoms with Crippen LogP contribution in [0.25, 0.3) is 11.3 Å². The number of methoxy groups -OCH3 is 1. The van der Waals surface area contributed by atoms with E-state index in [0.29, 0.717) is 18.8 Å². The molecule has 144 valence electrons. The highest BCUT2D eigenvalue weighted by Crippen LogP contribution is 2.41. The molecule has 1 heterocycles. The second-order valence-corrected chi connectivity index (χ2v) is 7.29. The standard InChI is InChI=1S/C24H25NO3/c1-27-20-11-9-17(10-12-20)22-15-13-21(28-22)14-16-23(26)25-24(19-7-8-19)18-5-3-2-4-6-18/h2-6,9-13,15,19,24H,7-8,14,16H2,1H3,(H,25,26). The summed E-state index contributed by atoms with van der Waals surface area (Å²) in [6.07, 6.45) is 3.38. The maximum absolute atomic E-state index is 12.5. The fourth-order valence-corrected chi connectivity index (χ4v) is 3.47. The molecule has 1 fully saturated rings. The fourth-order valence-electron chi connectivity index (χ4n) is 3.47. The molecule has 3 aromatic rings. The van der Waals surface area contributed by atoms with Crippen LogP contribution in [-0.2, 0) is 11.2 Å². The molecule has 1 atom stereocenters. The summed E-state index contributed by atoms with van der Waals surface area (Å²) in [5.41, 5.74) is 2.19. The number of aryl methyl sites for hydroxylation is 1. The number of carbonyl (C=O) groups is 1. The van der Waals surface area contributed by atoms with Gasteiger partial charge in [-0.25, -0.2) is 0 Å². The lowest BCUT2D eigenvalue weighted by atomic mass is 10.0. The average molecular weight is 375 g/mol. The summed E-state index contributed by atoms with van der Waals surface area (Å²) < 4.78 is 11.1. The molecule has 0 radical (unpaired) electrons. The van der Waals surface area contributed by atoms with Crippen molar-refractivity contribution >= 4 is 5.91 Å². The smallest absolute Gasteiger partial charge is 0.220 e. The van der Waals surface area contributed by atoms with Crippen molar-refractivity contribution in [2.75, 3.05) is 7.11 Å². The van der Waals surface area contributed by atoms with Crippen LogP contribution in [0.2, 0.25) is 0 Å². The van der Waals surface area contributed by atoms with Crippen molar-refractivity contribution in [3.8, 4) is 17.1 Å². The fraction of sp³-hybridized carbons (Fsp3) is 0.292. The molecule has 1 saturated carbocycles. The molecule has 2 aromatic carbocycles. The van der Waals surface area contributed by atoms with Gasteiger partial charge in [-0.1, -0.05) is 30.3 Å². The number of hydrogen-bond acceptors (Lipinski definition) is 3. The van der Waals surface area contributed by atoms with Gasteiger partial charge in [-0.3, -0.25) is 4.79 Å². The highest BCUT2D eigenvalue weighted by molar-refractivity contribution is 5.76. The van der Waals surface area contributed by atoms with Crippen LogP contribution >= 0.6 is 0 Å². The number of furan rings is 1. The van der Waals surface area contributed by atoms with Crippen LogP contribution in [0.1, 0.15) is 36.6 Å². The lowest BCUT2D eigenvalue weighted by Crippen LogP contribution is -2.30. The molecule has 0 bridgehead atoms. The molecule has 1 N–H and O–H groups in total. The van der Waals surface area contributed by atoms with Crippen molar-refractivity contribution in [2.45, 2.75) is 31.7 Å². The molecule has 4 nitrogen and oxygen atoms in total. The van der Waals surface area contributed by atoms with E-state index in [-0.39, 0.29) is 11.9 Å². The molecule has 28 heavy (non-hydrogen) atoms. The van der Waals surface area contributed by atoms with E-state index >= 15 is 0 Å². The normalized spacial score (nSPS) is 14.5. The van der Waals surface area contributed by atoms with Crippen LogP contribution in [0, 0.1) is 5.92 Å². The van der Waals surface area contributed by atoms with E-state index in [2.05, 4.69) is 17.4 Å². The van der Waals surface area contributed by atoms with Crippen LogP contribution < -0.4 is 10.1 Å². The molecule has 1 aliphatic rings. The van der Waals surface area contributed by atoms with Crippen molar-refractivity contribution in [3.63, 3.8) is 0 Å². The minimum Gasteiger partial charge on any atom is -0.497 e. The maximum Gasteiger partial charge on any atom is 0.220 e. The summed E-state index contributed by atoms with van der Waals surface area (Å²) >= 11 is 0. The van der Waals surface area contributed by atoms with E-state index in [1.807, 2.05) is 54.6 Å².